The smallest absolute Gasteiger partial charge is 0.274 e. The second-order valence-electron chi connectivity index (χ2n) is 6.75. The van der Waals surface area contributed by atoms with Crippen molar-refractivity contribution < 1.29 is 9.21 Å². The molecule has 1 amide bonds. The highest BCUT2D eigenvalue weighted by Crippen LogP contribution is 2.28. The number of nitrogens with one attached hydrogen (secondary N) is 1. The van der Waals surface area contributed by atoms with Gasteiger partial charge in [0, 0.05) is 11.5 Å². The van der Waals surface area contributed by atoms with E-state index < -0.39 is 0 Å². The van der Waals surface area contributed by atoms with E-state index in [9.17, 15) is 9.59 Å². The number of amides is 1. The topological polar surface area (TPSA) is 77.1 Å². The zero-order valence-corrected chi connectivity index (χ0v) is 14.9. The van der Waals surface area contributed by atoms with Gasteiger partial charge in [0.25, 0.3) is 5.56 Å². The van der Waals surface area contributed by atoms with Crippen molar-refractivity contribution in [3.8, 4) is 0 Å². The van der Waals surface area contributed by atoms with Crippen LogP contribution in [0.2, 0.25) is 0 Å². The molecule has 3 aromatic rings. The SMILES string of the molecule is O=C(/C=C/c1ccco1)NCc1nn(C2CCCC2)c(=O)c2ccccc12. The van der Waals surface area contributed by atoms with E-state index >= 15 is 0 Å². The summed E-state index contributed by atoms with van der Waals surface area (Å²) >= 11 is 0. The van der Waals surface area contributed by atoms with Gasteiger partial charge in [0.2, 0.25) is 5.91 Å². The van der Waals surface area contributed by atoms with Gasteiger partial charge in [-0.15, -0.1) is 0 Å². The average Bonchev–Trinajstić information content (AvgIpc) is 3.40. The zero-order valence-electron chi connectivity index (χ0n) is 14.9. The van der Waals surface area contributed by atoms with Crippen LogP contribution in [-0.4, -0.2) is 15.7 Å². The standard InChI is InChI=1S/C21H21N3O3/c25-20(12-11-16-8-5-13-27-16)22-14-19-17-9-3-4-10-18(17)21(26)24(23-19)15-6-1-2-7-15/h3-5,8-13,15H,1-2,6-7,14H2,(H,22,25)/b12-11+. The van der Waals surface area contributed by atoms with E-state index in [0.29, 0.717) is 16.8 Å². The molecule has 1 aromatic carbocycles. The quantitative estimate of drug-likeness (QED) is 0.705. The van der Waals surface area contributed by atoms with Gasteiger partial charge >= 0.3 is 0 Å². The summed E-state index contributed by atoms with van der Waals surface area (Å²) in [5, 5.41) is 8.89. The van der Waals surface area contributed by atoms with Crippen molar-refractivity contribution in [1.82, 2.24) is 15.1 Å². The van der Waals surface area contributed by atoms with E-state index in [1.54, 1.807) is 29.2 Å². The number of hydrogen-bond donors (Lipinski definition) is 1. The van der Waals surface area contributed by atoms with Crippen LogP contribution in [0, 0.1) is 0 Å². The minimum atomic E-state index is -0.240. The number of nitrogens with zero attached hydrogens (tertiary/aromatic N) is 2. The van der Waals surface area contributed by atoms with Gasteiger partial charge in [-0.2, -0.15) is 5.10 Å². The third-order valence-corrected chi connectivity index (χ3v) is 4.95. The second kappa shape index (κ2) is 7.61. The van der Waals surface area contributed by atoms with Gasteiger partial charge < -0.3 is 9.73 Å². The van der Waals surface area contributed by atoms with Crippen molar-refractivity contribution in [3.05, 3.63) is 70.5 Å². The first-order chi connectivity index (χ1) is 13.2. The summed E-state index contributed by atoms with van der Waals surface area (Å²) in [5.41, 5.74) is 0.655. The van der Waals surface area contributed by atoms with E-state index in [2.05, 4.69) is 10.4 Å². The Bertz CT molecular complexity index is 1030. The van der Waals surface area contributed by atoms with Crippen LogP contribution >= 0.6 is 0 Å². The Morgan fingerprint density at radius 1 is 1.19 bits per heavy atom. The molecule has 27 heavy (non-hydrogen) atoms. The summed E-state index contributed by atoms with van der Waals surface area (Å²) in [4.78, 5) is 25.0. The van der Waals surface area contributed by atoms with Gasteiger partial charge in [-0.05, 0) is 37.1 Å². The van der Waals surface area contributed by atoms with Crippen LogP contribution in [0.3, 0.4) is 0 Å². The third kappa shape index (κ3) is 3.69. The number of carbonyl (C=O) groups is 1. The molecule has 0 spiro atoms. The Hall–Kier alpha value is -3.15. The maximum Gasteiger partial charge on any atom is 0.274 e. The van der Waals surface area contributed by atoms with Gasteiger partial charge in [0.05, 0.1) is 29.9 Å². The Morgan fingerprint density at radius 3 is 2.70 bits per heavy atom. The molecule has 2 aromatic heterocycles. The third-order valence-electron chi connectivity index (χ3n) is 4.95. The van der Waals surface area contributed by atoms with Crippen LogP contribution in [-0.2, 0) is 11.3 Å². The fourth-order valence-corrected chi connectivity index (χ4v) is 3.57. The molecule has 0 radical (unpaired) electrons. The van der Waals surface area contributed by atoms with Crippen LogP contribution in [0.5, 0.6) is 0 Å². The van der Waals surface area contributed by atoms with Crippen LogP contribution in [0.4, 0.5) is 0 Å². The van der Waals surface area contributed by atoms with Crippen molar-refractivity contribution in [3.63, 3.8) is 0 Å². The summed E-state index contributed by atoms with van der Waals surface area (Å²) in [6.45, 7) is 0.259. The molecule has 0 bridgehead atoms. The molecular weight excluding hydrogens is 342 g/mol. The molecule has 138 valence electrons. The molecule has 1 fully saturated rings. The lowest BCUT2D eigenvalue weighted by molar-refractivity contribution is -0.116. The Labute approximate surface area is 156 Å². The molecule has 0 aliphatic heterocycles. The van der Waals surface area contributed by atoms with Crippen molar-refractivity contribution in [2.45, 2.75) is 38.3 Å². The molecule has 4 rings (SSSR count). The van der Waals surface area contributed by atoms with Gasteiger partial charge in [-0.3, -0.25) is 9.59 Å². The zero-order chi connectivity index (χ0) is 18.6. The largest absolute Gasteiger partial charge is 0.465 e. The summed E-state index contributed by atoms with van der Waals surface area (Å²) < 4.78 is 6.79. The summed E-state index contributed by atoms with van der Waals surface area (Å²) in [6, 6.07) is 11.1. The molecule has 1 saturated carbocycles. The number of benzene rings is 1. The van der Waals surface area contributed by atoms with E-state index in [1.807, 2.05) is 24.3 Å². The van der Waals surface area contributed by atoms with Crippen molar-refractivity contribution in [2.24, 2.45) is 0 Å². The molecule has 0 atom stereocenters. The van der Waals surface area contributed by atoms with Gasteiger partial charge in [0.1, 0.15) is 5.76 Å². The van der Waals surface area contributed by atoms with Gasteiger partial charge in [-0.1, -0.05) is 31.0 Å². The molecule has 0 unspecified atom stereocenters. The van der Waals surface area contributed by atoms with Crippen LogP contribution in [0.25, 0.3) is 16.8 Å². The highest BCUT2D eigenvalue weighted by atomic mass is 16.3. The number of fused-ring (bicyclic) bond motifs is 1. The molecular formula is C21H21N3O3. The highest BCUT2D eigenvalue weighted by Gasteiger charge is 2.21. The predicted molar refractivity (Wildman–Crippen MR) is 103 cm³/mol. The number of carbonyl (C=O) groups excluding carboxylic acids is 1. The lowest BCUT2D eigenvalue weighted by atomic mass is 10.1. The van der Waals surface area contributed by atoms with E-state index in [1.165, 1.54) is 6.08 Å². The number of furan rings is 1. The molecule has 1 aliphatic carbocycles. The van der Waals surface area contributed by atoms with Crippen molar-refractivity contribution in [1.29, 1.82) is 0 Å². The maximum atomic E-state index is 12.8. The van der Waals surface area contributed by atoms with E-state index in [-0.39, 0.29) is 24.1 Å². The molecule has 6 nitrogen and oxygen atoms in total. The predicted octanol–water partition coefficient (Wildman–Crippen LogP) is 3.43. The minimum Gasteiger partial charge on any atom is -0.465 e. The van der Waals surface area contributed by atoms with Gasteiger partial charge in [-0.25, -0.2) is 4.68 Å². The summed E-state index contributed by atoms with van der Waals surface area (Å²) in [7, 11) is 0. The molecule has 2 heterocycles. The molecule has 1 aliphatic rings. The van der Waals surface area contributed by atoms with Gasteiger partial charge in [0.15, 0.2) is 0 Å². The second-order valence-corrected chi connectivity index (χ2v) is 6.75. The fraction of sp³-hybridized carbons (Fsp3) is 0.286. The first kappa shape index (κ1) is 17.3. The first-order valence-corrected chi connectivity index (χ1v) is 9.22. The lowest BCUT2D eigenvalue weighted by Crippen LogP contribution is -2.30. The highest BCUT2D eigenvalue weighted by molar-refractivity contribution is 5.91. The van der Waals surface area contributed by atoms with E-state index in [4.69, 9.17) is 4.42 Å². The average molecular weight is 363 g/mol. The fourth-order valence-electron chi connectivity index (χ4n) is 3.57. The molecule has 0 saturated heterocycles. The minimum absolute atomic E-state index is 0.0507. The van der Waals surface area contributed by atoms with Crippen LogP contribution in [0.15, 0.2) is 57.9 Å². The monoisotopic (exact) mass is 363 g/mol. The summed E-state index contributed by atoms with van der Waals surface area (Å²) in [5.74, 6) is 0.374. The lowest BCUT2D eigenvalue weighted by Gasteiger charge is -2.16. The Kier molecular flexibility index (Phi) is 4.87. The van der Waals surface area contributed by atoms with Crippen molar-refractivity contribution in [2.75, 3.05) is 0 Å². The van der Waals surface area contributed by atoms with Crippen LogP contribution < -0.4 is 10.9 Å². The first-order valence-electron chi connectivity index (χ1n) is 9.22. The Balaban J connectivity index is 1.59. The summed E-state index contributed by atoms with van der Waals surface area (Å²) in [6.07, 6.45) is 8.78. The van der Waals surface area contributed by atoms with Crippen LogP contribution in [0.1, 0.15) is 43.2 Å². The number of hydrogen-bond acceptors (Lipinski definition) is 4. The number of rotatable bonds is 5. The number of aromatic nitrogens is 2. The normalized spacial score (nSPS) is 15.0. The molecule has 6 heteroatoms. The Morgan fingerprint density at radius 2 is 1.96 bits per heavy atom. The molecule has 1 N–H and O–H groups in total. The maximum absolute atomic E-state index is 12.8. The van der Waals surface area contributed by atoms with Crippen molar-refractivity contribution >= 4 is 22.8 Å². The van der Waals surface area contributed by atoms with E-state index in [0.717, 1.165) is 31.1 Å².